The molecule has 1 aliphatic carbocycles. The van der Waals surface area contributed by atoms with Crippen molar-refractivity contribution in [3.63, 3.8) is 0 Å². The summed E-state index contributed by atoms with van der Waals surface area (Å²) in [5.41, 5.74) is 2.05. The highest BCUT2D eigenvalue weighted by molar-refractivity contribution is 5.49. The molecule has 0 spiro atoms. The second kappa shape index (κ2) is 7.16. The van der Waals surface area contributed by atoms with Gasteiger partial charge in [-0.25, -0.2) is 0 Å². The lowest BCUT2D eigenvalue weighted by molar-refractivity contribution is 0.956. The number of benzene rings is 2. The van der Waals surface area contributed by atoms with E-state index in [0.717, 1.165) is 17.0 Å². The standard InChI is InChI=1S/C22H15/c1-3-9-19(10-4-1)15-17-21-13-7-8-14-22(21)18-16-20-11-5-2-6-12-20/h1-14,21H. The molecule has 1 atom stereocenters. The van der Waals surface area contributed by atoms with Gasteiger partial charge in [-0.3, -0.25) is 0 Å². The van der Waals surface area contributed by atoms with E-state index in [0.29, 0.717) is 0 Å². The van der Waals surface area contributed by atoms with E-state index >= 15 is 0 Å². The van der Waals surface area contributed by atoms with E-state index in [2.05, 4.69) is 29.8 Å². The molecule has 0 aromatic heterocycles. The summed E-state index contributed by atoms with van der Waals surface area (Å²) in [6.07, 6.45) is 8.17. The summed E-state index contributed by atoms with van der Waals surface area (Å²) >= 11 is 0. The minimum absolute atomic E-state index is 0.0569. The van der Waals surface area contributed by atoms with Crippen LogP contribution in [0.15, 0.2) is 85.0 Å². The summed E-state index contributed by atoms with van der Waals surface area (Å²) in [5, 5.41) is 0. The number of hydrogen-bond donors (Lipinski definition) is 0. The van der Waals surface area contributed by atoms with E-state index < -0.39 is 0 Å². The van der Waals surface area contributed by atoms with Crippen LogP contribution in [0.5, 0.6) is 0 Å². The molecular formula is C22H15. The minimum atomic E-state index is 0.0569. The Hall–Kier alpha value is -2.96. The third kappa shape index (κ3) is 3.78. The van der Waals surface area contributed by atoms with Crippen molar-refractivity contribution < 1.29 is 0 Å². The van der Waals surface area contributed by atoms with Crippen LogP contribution in [0.4, 0.5) is 0 Å². The van der Waals surface area contributed by atoms with Crippen LogP contribution >= 0.6 is 0 Å². The van der Waals surface area contributed by atoms with Gasteiger partial charge in [0.1, 0.15) is 0 Å². The van der Waals surface area contributed by atoms with Gasteiger partial charge in [0.05, 0.1) is 11.8 Å². The largest absolute Gasteiger partial charge is 0.0888 e. The van der Waals surface area contributed by atoms with Crippen LogP contribution in [0.1, 0.15) is 11.1 Å². The Kier molecular flexibility index (Phi) is 4.56. The zero-order chi connectivity index (χ0) is 15.0. The number of rotatable bonds is 0. The maximum atomic E-state index is 3.30. The van der Waals surface area contributed by atoms with Crippen molar-refractivity contribution in [2.45, 2.75) is 0 Å². The van der Waals surface area contributed by atoms with Gasteiger partial charge in [-0.1, -0.05) is 84.4 Å². The molecule has 1 unspecified atom stereocenters. The van der Waals surface area contributed by atoms with Crippen LogP contribution in [0.25, 0.3) is 0 Å². The van der Waals surface area contributed by atoms with Crippen molar-refractivity contribution in [2.75, 3.05) is 0 Å². The molecule has 0 heteroatoms. The smallest absolute Gasteiger partial charge is 0.0883 e. The van der Waals surface area contributed by atoms with E-state index in [1.807, 2.05) is 78.9 Å². The molecular weight excluding hydrogens is 264 g/mol. The SMILES string of the molecule is C(#Cc1ccccc1)[C]1C=CC=CC1C#Cc1ccccc1. The van der Waals surface area contributed by atoms with Crippen molar-refractivity contribution in [2.24, 2.45) is 5.92 Å². The van der Waals surface area contributed by atoms with Gasteiger partial charge in [-0.2, -0.15) is 0 Å². The molecule has 0 saturated heterocycles. The van der Waals surface area contributed by atoms with Crippen molar-refractivity contribution in [3.05, 3.63) is 102 Å². The average molecular weight is 279 g/mol. The molecule has 2 aromatic carbocycles. The van der Waals surface area contributed by atoms with Crippen molar-refractivity contribution in [1.82, 2.24) is 0 Å². The first-order chi connectivity index (χ1) is 10.9. The van der Waals surface area contributed by atoms with Crippen LogP contribution < -0.4 is 0 Å². The maximum Gasteiger partial charge on any atom is 0.0888 e. The zero-order valence-electron chi connectivity index (χ0n) is 12.2. The number of allylic oxidation sites excluding steroid dienone is 4. The Balaban J connectivity index is 1.79. The quantitative estimate of drug-likeness (QED) is 0.627. The van der Waals surface area contributed by atoms with Crippen LogP contribution in [-0.2, 0) is 0 Å². The van der Waals surface area contributed by atoms with Gasteiger partial charge in [0.25, 0.3) is 0 Å². The predicted octanol–water partition coefficient (Wildman–Crippen LogP) is 4.41. The van der Waals surface area contributed by atoms with Gasteiger partial charge in [-0.15, -0.1) is 0 Å². The van der Waals surface area contributed by atoms with E-state index in [1.54, 1.807) is 0 Å². The normalized spacial score (nSPS) is 16.3. The molecule has 0 aliphatic heterocycles. The lowest BCUT2D eigenvalue weighted by Crippen LogP contribution is -2.06. The second-order valence-electron chi connectivity index (χ2n) is 4.93. The molecule has 22 heavy (non-hydrogen) atoms. The molecule has 0 amide bonds. The summed E-state index contributed by atoms with van der Waals surface area (Å²) in [6, 6.07) is 20.1. The van der Waals surface area contributed by atoms with Gasteiger partial charge in [0, 0.05) is 11.1 Å². The van der Waals surface area contributed by atoms with Crippen LogP contribution in [-0.4, -0.2) is 0 Å². The van der Waals surface area contributed by atoms with Crippen molar-refractivity contribution in [1.29, 1.82) is 0 Å². The topological polar surface area (TPSA) is 0 Å². The van der Waals surface area contributed by atoms with Gasteiger partial charge >= 0.3 is 0 Å². The molecule has 103 valence electrons. The first-order valence-corrected chi connectivity index (χ1v) is 7.27. The average Bonchev–Trinajstić information content (AvgIpc) is 2.61. The van der Waals surface area contributed by atoms with Gasteiger partial charge in [0.15, 0.2) is 0 Å². The Morgan fingerprint density at radius 1 is 0.636 bits per heavy atom. The minimum Gasteiger partial charge on any atom is -0.0883 e. The third-order valence-electron chi connectivity index (χ3n) is 3.30. The van der Waals surface area contributed by atoms with Gasteiger partial charge in [-0.05, 0) is 24.3 Å². The molecule has 0 N–H and O–H groups in total. The fourth-order valence-corrected chi connectivity index (χ4v) is 2.14. The molecule has 0 bridgehead atoms. The summed E-state index contributed by atoms with van der Waals surface area (Å²) in [4.78, 5) is 0. The lowest BCUT2D eigenvalue weighted by atomic mass is 9.89. The summed E-state index contributed by atoms with van der Waals surface area (Å²) in [5.74, 6) is 14.1. The van der Waals surface area contributed by atoms with Crippen LogP contribution in [0.3, 0.4) is 0 Å². The molecule has 1 aliphatic rings. The fraction of sp³-hybridized carbons (Fsp3) is 0.0455. The van der Waals surface area contributed by atoms with E-state index in [-0.39, 0.29) is 5.92 Å². The van der Waals surface area contributed by atoms with Crippen LogP contribution in [0, 0.1) is 35.5 Å². The Morgan fingerprint density at radius 3 is 1.95 bits per heavy atom. The Morgan fingerprint density at radius 2 is 1.27 bits per heavy atom. The lowest BCUT2D eigenvalue weighted by Gasteiger charge is -2.12. The Labute approximate surface area is 132 Å². The van der Waals surface area contributed by atoms with Gasteiger partial charge in [0.2, 0.25) is 0 Å². The van der Waals surface area contributed by atoms with Crippen molar-refractivity contribution >= 4 is 0 Å². The predicted molar refractivity (Wildman–Crippen MR) is 91.7 cm³/mol. The molecule has 0 fully saturated rings. The summed E-state index contributed by atoms with van der Waals surface area (Å²) < 4.78 is 0. The highest BCUT2D eigenvalue weighted by Gasteiger charge is 2.14. The molecule has 3 rings (SSSR count). The number of hydrogen-bond acceptors (Lipinski definition) is 0. The highest BCUT2D eigenvalue weighted by atomic mass is 14.1. The third-order valence-corrected chi connectivity index (χ3v) is 3.30. The molecule has 1 radical (unpaired) electrons. The molecule has 0 nitrogen and oxygen atoms in total. The maximum absolute atomic E-state index is 3.30. The van der Waals surface area contributed by atoms with Gasteiger partial charge < -0.3 is 0 Å². The summed E-state index contributed by atoms with van der Waals surface area (Å²) in [6.45, 7) is 0. The molecule has 0 saturated carbocycles. The first kappa shape index (κ1) is 14.0. The summed E-state index contributed by atoms with van der Waals surface area (Å²) in [7, 11) is 0. The first-order valence-electron chi connectivity index (χ1n) is 7.27. The Bertz CT molecular complexity index is 716. The monoisotopic (exact) mass is 279 g/mol. The zero-order valence-corrected chi connectivity index (χ0v) is 12.2. The fourth-order valence-electron chi connectivity index (χ4n) is 2.14. The van der Waals surface area contributed by atoms with E-state index in [1.165, 1.54) is 0 Å². The molecule has 0 heterocycles. The van der Waals surface area contributed by atoms with Crippen LogP contribution in [0.2, 0.25) is 0 Å². The van der Waals surface area contributed by atoms with E-state index in [4.69, 9.17) is 0 Å². The van der Waals surface area contributed by atoms with Crippen molar-refractivity contribution in [3.8, 4) is 23.7 Å². The second-order valence-corrected chi connectivity index (χ2v) is 4.93. The van der Waals surface area contributed by atoms with E-state index in [9.17, 15) is 0 Å². The highest BCUT2D eigenvalue weighted by Crippen LogP contribution is 2.20. The molecule has 2 aromatic rings.